The monoisotopic (exact) mass is 357 g/mol. The van der Waals surface area contributed by atoms with E-state index in [1.54, 1.807) is 24.3 Å². The molecular weight excluding hydrogens is 345 g/mol. The van der Waals surface area contributed by atoms with E-state index < -0.39 is 5.97 Å². The van der Waals surface area contributed by atoms with Gasteiger partial charge in [0.1, 0.15) is 5.00 Å². The number of thiophene rings is 1. The lowest BCUT2D eigenvalue weighted by molar-refractivity contribution is -0.115. The molecule has 4 nitrogen and oxygen atoms in total. The van der Waals surface area contributed by atoms with Gasteiger partial charge in [0.25, 0.3) is 0 Å². The van der Waals surface area contributed by atoms with E-state index in [1.165, 1.54) is 18.4 Å². The van der Waals surface area contributed by atoms with Crippen LogP contribution in [0.25, 0.3) is 0 Å². The zero-order valence-corrected chi connectivity index (χ0v) is 14.2. The highest BCUT2D eigenvalue weighted by Crippen LogP contribution is 2.29. The number of aryl methyl sites for hydroxylation is 1. The number of carbonyl (C=O) groups excluding carboxylic acids is 2. The fraction of sp³-hybridized carbons (Fsp3) is 0.200. The number of hydrogen-bond donors (Lipinski definition) is 1. The van der Waals surface area contributed by atoms with Crippen LogP contribution in [-0.2, 0) is 16.0 Å². The van der Waals surface area contributed by atoms with Crippen LogP contribution in [0.4, 0.5) is 5.00 Å². The summed E-state index contributed by atoms with van der Waals surface area (Å²) in [5.41, 5.74) is 0.889. The predicted molar refractivity (Wildman–Crippen MR) is 89.2 cm³/mol. The zero-order chi connectivity index (χ0) is 16.3. The summed E-state index contributed by atoms with van der Waals surface area (Å²) < 4.78 is 4.70. The fourth-order valence-electron chi connectivity index (χ4n) is 1.90. The molecule has 116 valence electrons. The van der Waals surface area contributed by atoms with Crippen molar-refractivity contribution in [3.05, 3.63) is 50.3 Å². The van der Waals surface area contributed by atoms with Gasteiger partial charge in [0, 0.05) is 14.9 Å². The molecule has 0 bridgehead atoms. The van der Waals surface area contributed by atoms with Crippen LogP contribution in [0, 0.1) is 6.92 Å². The maximum atomic E-state index is 12.2. The fourth-order valence-corrected chi connectivity index (χ4v) is 3.35. The smallest absolute Gasteiger partial charge is 0.340 e. The lowest BCUT2D eigenvalue weighted by Crippen LogP contribution is -2.16. The highest BCUT2D eigenvalue weighted by atomic mass is 35.5. The van der Waals surface area contributed by atoms with Crippen LogP contribution in [0.15, 0.2) is 24.3 Å². The zero-order valence-electron chi connectivity index (χ0n) is 11.9. The van der Waals surface area contributed by atoms with Crippen molar-refractivity contribution in [2.45, 2.75) is 13.3 Å². The van der Waals surface area contributed by atoms with Crippen LogP contribution < -0.4 is 5.32 Å². The molecule has 0 unspecified atom stereocenters. The van der Waals surface area contributed by atoms with Gasteiger partial charge in [0.05, 0.1) is 19.1 Å². The number of benzene rings is 1. The van der Waals surface area contributed by atoms with E-state index in [4.69, 9.17) is 27.9 Å². The Morgan fingerprint density at radius 1 is 1.27 bits per heavy atom. The van der Waals surface area contributed by atoms with E-state index in [0.717, 1.165) is 4.88 Å². The molecular formula is C15H13Cl2NO3S. The van der Waals surface area contributed by atoms with Crippen LogP contribution in [0.1, 0.15) is 20.8 Å². The third-order valence-corrected chi connectivity index (χ3v) is 4.59. The van der Waals surface area contributed by atoms with E-state index in [9.17, 15) is 9.59 Å². The number of methoxy groups -OCH3 is 1. The van der Waals surface area contributed by atoms with Gasteiger partial charge in [-0.2, -0.15) is 0 Å². The quantitative estimate of drug-likeness (QED) is 0.828. The minimum absolute atomic E-state index is 0.0239. The molecule has 0 spiro atoms. The van der Waals surface area contributed by atoms with E-state index in [1.807, 2.05) is 6.92 Å². The molecule has 0 atom stereocenters. The molecule has 2 aromatic rings. The first-order chi connectivity index (χ1) is 10.4. The first-order valence-corrected chi connectivity index (χ1v) is 7.91. The second kappa shape index (κ2) is 7.13. The Hall–Kier alpha value is -1.56. The van der Waals surface area contributed by atoms with Crippen LogP contribution in [0.3, 0.4) is 0 Å². The van der Waals surface area contributed by atoms with Crippen molar-refractivity contribution in [3.63, 3.8) is 0 Å². The van der Waals surface area contributed by atoms with Crippen LogP contribution in [-0.4, -0.2) is 19.0 Å². The lowest BCUT2D eigenvalue weighted by Gasteiger charge is -2.08. The van der Waals surface area contributed by atoms with Gasteiger partial charge in [-0.3, -0.25) is 4.79 Å². The number of ether oxygens (including phenoxy) is 1. The van der Waals surface area contributed by atoms with E-state index in [-0.39, 0.29) is 12.3 Å². The molecule has 1 aromatic heterocycles. The van der Waals surface area contributed by atoms with Gasteiger partial charge in [-0.1, -0.05) is 29.3 Å². The summed E-state index contributed by atoms with van der Waals surface area (Å²) in [5.74, 6) is -0.794. The summed E-state index contributed by atoms with van der Waals surface area (Å²) in [4.78, 5) is 24.8. The number of nitrogens with one attached hydrogen (secondary N) is 1. The first kappa shape index (κ1) is 16.8. The molecule has 0 aliphatic heterocycles. The topological polar surface area (TPSA) is 55.4 Å². The molecule has 1 heterocycles. The summed E-state index contributed by atoms with van der Waals surface area (Å²) in [6.07, 6.45) is 0.0239. The molecule has 0 aliphatic carbocycles. The minimum Gasteiger partial charge on any atom is -0.465 e. The Morgan fingerprint density at radius 3 is 2.50 bits per heavy atom. The normalized spacial score (nSPS) is 10.4. The number of halogens is 2. The molecule has 1 N–H and O–H groups in total. The minimum atomic E-state index is -0.490. The maximum Gasteiger partial charge on any atom is 0.340 e. The maximum absolute atomic E-state index is 12.2. The van der Waals surface area contributed by atoms with Gasteiger partial charge in [-0.25, -0.2) is 4.79 Å². The average molecular weight is 358 g/mol. The Morgan fingerprint density at radius 2 is 1.91 bits per heavy atom. The van der Waals surface area contributed by atoms with Crippen molar-refractivity contribution < 1.29 is 14.3 Å². The number of carbonyl (C=O) groups is 2. The van der Waals surface area contributed by atoms with Crippen molar-refractivity contribution in [1.29, 1.82) is 0 Å². The number of amides is 1. The van der Waals surface area contributed by atoms with Gasteiger partial charge in [-0.15, -0.1) is 11.3 Å². The summed E-state index contributed by atoms with van der Waals surface area (Å²) in [6.45, 7) is 1.84. The molecule has 2 rings (SSSR count). The van der Waals surface area contributed by atoms with Crippen molar-refractivity contribution in [1.82, 2.24) is 0 Å². The predicted octanol–water partition coefficient (Wildman–Crippen LogP) is 4.33. The summed E-state index contributed by atoms with van der Waals surface area (Å²) in [7, 11) is 1.30. The number of anilines is 1. The summed E-state index contributed by atoms with van der Waals surface area (Å²) in [6, 6.07) is 6.73. The molecule has 0 saturated carbocycles. The van der Waals surface area contributed by atoms with Crippen LogP contribution >= 0.6 is 34.5 Å². The molecule has 7 heteroatoms. The third kappa shape index (κ3) is 3.80. The van der Waals surface area contributed by atoms with E-state index >= 15 is 0 Å². The number of rotatable bonds is 4. The van der Waals surface area contributed by atoms with Gasteiger partial charge in [-0.05, 0) is 30.7 Å². The summed E-state index contributed by atoms with van der Waals surface area (Å²) in [5, 5.41) is 4.02. The molecule has 1 amide bonds. The lowest BCUT2D eigenvalue weighted by atomic mass is 10.1. The molecule has 0 aliphatic rings. The second-order valence-electron chi connectivity index (χ2n) is 4.52. The van der Waals surface area contributed by atoms with Gasteiger partial charge in [0.15, 0.2) is 0 Å². The molecule has 0 radical (unpaired) electrons. The molecule has 22 heavy (non-hydrogen) atoms. The van der Waals surface area contributed by atoms with Gasteiger partial charge >= 0.3 is 5.97 Å². The van der Waals surface area contributed by atoms with E-state index in [2.05, 4.69) is 5.32 Å². The Kier molecular flexibility index (Phi) is 5.45. The van der Waals surface area contributed by atoms with E-state index in [0.29, 0.717) is 26.2 Å². The van der Waals surface area contributed by atoms with Crippen molar-refractivity contribution in [3.8, 4) is 0 Å². The first-order valence-electron chi connectivity index (χ1n) is 6.34. The Labute approximate surface area is 142 Å². The number of esters is 1. The highest BCUT2D eigenvalue weighted by molar-refractivity contribution is 7.16. The molecule has 0 saturated heterocycles. The Bertz CT molecular complexity index is 707. The van der Waals surface area contributed by atoms with Crippen LogP contribution in [0.5, 0.6) is 0 Å². The highest BCUT2D eigenvalue weighted by Gasteiger charge is 2.18. The van der Waals surface area contributed by atoms with Crippen molar-refractivity contribution >= 4 is 51.4 Å². The third-order valence-electron chi connectivity index (χ3n) is 2.91. The standard InChI is InChI=1S/C15H13Cl2NO3S/c1-8-6-10(15(20)21-2)14(22-8)18-13(19)7-9-11(16)4-3-5-12(9)17/h3-6H,7H2,1-2H3,(H,18,19). The SMILES string of the molecule is COC(=O)c1cc(C)sc1NC(=O)Cc1c(Cl)cccc1Cl. The molecule has 0 fully saturated rings. The van der Waals surface area contributed by atoms with Gasteiger partial charge < -0.3 is 10.1 Å². The summed E-state index contributed by atoms with van der Waals surface area (Å²) >= 11 is 13.4. The largest absolute Gasteiger partial charge is 0.465 e. The Balaban J connectivity index is 2.18. The molecule has 1 aromatic carbocycles. The van der Waals surface area contributed by atoms with Crippen molar-refractivity contribution in [2.24, 2.45) is 0 Å². The number of hydrogen-bond acceptors (Lipinski definition) is 4. The van der Waals surface area contributed by atoms with Crippen molar-refractivity contribution in [2.75, 3.05) is 12.4 Å². The second-order valence-corrected chi connectivity index (χ2v) is 6.59. The average Bonchev–Trinajstić information content (AvgIpc) is 2.83. The van der Waals surface area contributed by atoms with Crippen LogP contribution in [0.2, 0.25) is 10.0 Å². The van der Waals surface area contributed by atoms with Gasteiger partial charge in [0.2, 0.25) is 5.91 Å².